The fourth-order valence-corrected chi connectivity index (χ4v) is 0.453. The van der Waals surface area contributed by atoms with Crippen molar-refractivity contribution in [3.05, 3.63) is 23.8 Å². The normalized spacial score (nSPS) is 9.58. The van der Waals surface area contributed by atoms with Gasteiger partial charge in [0.25, 0.3) is 0 Å². The molecule has 0 aromatic rings. The Hall–Kier alpha value is -0.520. The highest BCUT2D eigenvalue weighted by molar-refractivity contribution is 5.19. The lowest BCUT2D eigenvalue weighted by Crippen LogP contribution is -1.75. The van der Waals surface area contributed by atoms with Crippen LogP contribution in [-0.4, -0.2) is 0 Å². The minimum absolute atomic E-state index is 1.14. The molecule has 0 unspecified atom stereocenters. The third-order valence-electron chi connectivity index (χ3n) is 1.51. The Morgan fingerprint density at radius 1 is 1.08 bits per heavy atom. The van der Waals surface area contributed by atoms with Crippen molar-refractivity contribution in [3.8, 4) is 0 Å². The predicted molar refractivity (Wildman–Crippen MR) is 61.6 cm³/mol. The van der Waals surface area contributed by atoms with E-state index in [0.29, 0.717) is 0 Å². The second-order valence-corrected chi connectivity index (χ2v) is 2.02. The summed E-state index contributed by atoms with van der Waals surface area (Å²) in [5, 5.41) is 0. The van der Waals surface area contributed by atoms with E-state index in [1.165, 1.54) is 11.1 Å². The molecule has 0 spiro atoms. The predicted octanol–water partition coefficient (Wildman–Crippen LogP) is 4.97. The van der Waals surface area contributed by atoms with Crippen molar-refractivity contribution in [3.63, 3.8) is 0 Å². The maximum absolute atomic E-state index is 3.67. The van der Waals surface area contributed by atoms with E-state index in [2.05, 4.69) is 27.4 Å². The van der Waals surface area contributed by atoms with Gasteiger partial charge in [-0.3, -0.25) is 0 Å². The van der Waals surface area contributed by atoms with E-state index in [1.54, 1.807) is 0 Å². The van der Waals surface area contributed by atoms with Crippen molar-refractivity contribution in [2.75, 3.05) is 0 Å². The van der Waals surface area contributed by atoms with Gasteiger partial charge in [0.1, 0.15) is 0 Å². The molecule has 0 aromatic carbocycles. The summed E-state index contributed by atoms with van der Waals surface area (Å²) >= 11 is 0. The summed E-state index contributed by atoms with van der Waals surface area (Å²) in [6.45, 7) is 18.1. The Kier molecular flexibility index (Phi) is 24.6. The zero-order valence-corrected chi connectivity index (χ0v) is 9.99. The molecule has 0 saturated heterocycles. The molecule has 0 N–H and O–H groups in total. The summed E-state index contributed by atoms with van der Waals surface area (Å²) in [4.78, 5) is 0. The zero-order valence-electron chi connectivity index (χ0n) is 9.99. The molecule has 0 atom stereocenters. The van der Waals surface area contributed by atoms with Crippen LogP contribution < -0.4 is 0 Å². The first-order valence-corrected chi connectivity index (χ1v) is 5.01. The summed E-state index contributed by atoms with van der Waals surface area (Å²) in [5.41, 5.74) is 2.74. The number of rotatable bonds is 2. The van der Waals surface area contributed by atoms with E-state index < -0.39 is 0 Å². The van der Waals surface area contributed by atoms with Crippen LogP contribution in [-0.2, 0) is 0 Å². The molecular formula is C12H26. The third kappa shape index (κ3) is 12.2. The van der Waals surface area contributed by atoms with Crippen LogP contribution in [0, 0.1) is 0 Å². The highest BCUT2D eigenvalue weighted by Crippen LogP contribution is 2.06. The molecule has 0 aromatic heterocycles. The maximum atomic E-state index is 3.67. The monoisotopic (exact) mass is 170 g/mol. The fraction of sp³-hybridized carbons (Fsp3) is 0.667. The first kappa shape index (κ1) is 17.5. The van der Waals surface area contributed by atoms with Gasteiger partial charge < -0.3 is 0 Å². The fourth-order valence-electron chi connectivity index (χ4n) is 0.453. The van der Waals surface area contributed by atoms with Gasteiger partial charge in [-0.05, 0) is 20.3 Å². The van der Waals surface area contributed by atoms with Gasteiger partial charge in [-0.25, -0.2) is 0 Å². The van der Waals surface area contributed by atoms with Crippen molar-refractivity contribution < 1.29 is 0 Å². The molecule has 12 heavy (non-hydrogen) atoms. The van der Waals surface area contributed by atoms with Crippen molar-refractivity contribution in [2.45, 2.75) is 54.9 Å². The van der Waals surface area contributed by atoms with Crippen LogP contribution in [0.25, 0.3) is 0 Å². The molecule has 0 aliphatic carbocycles. The van der Waals surface area contributed by atoms with Gasteiger partial charge >= 0.3 is 0 Å². The molecule has 0 heterocycles. The largest absolute Gasteiger partial charge is 0.0988 e. The summed E-state index contributed by atoms with van der Waals surface area (Å²) in [6, 6.07) is 0. The van der Waals surface area contributed by atoms with E-state index >= 15 is 0 Å². The summed E-state index contributed by atoms with van der Waals surface area (Å²) in [6.07, 6.45) is 3.04. The topological polar surface area (TPSA) is 0 Å². The smallest absolute Gasteiger partial charge is 0.0346 e. The first-order valence-electron chi connectivity index (χ1n) is 5.01. The third-order valence-corrected chi connectivity index (χ3v) is 1.51. The van der Waals surface area contributed by atoms with Crippen molar-refractivity contribution >= 4 is 0 Å². The van der Waals surface area contributed by atoms with E-state index in [0.717, 1.165) is 6.42 Å². The number of allylic oxidation sites excluding steroid dienone is 3. The Balaban J connectivity index is -0.000000175. The Morgan fingerprint density at radius 2 is 1.42 bits per heavy atom. The van der Waals surface area contributed by atoms with Crippen molar-refractivity contribution in [1.29, 1.82) is 0 Å². The lowest BCUT2D eigenvalue weighted by molar-refractivity contribution is 1.07. The molecule has 0 aliphatic rings. The Labute approximate surface area is 79.4 Å². The van der Waals surface area contributed by atoms with Gasteiger partial charge in [0.15, 0.2) is 0 Å². The number of hydrogen-bond donors (Lipinski definition) is 0. The molecule has 0 saturated carbocycles. The van der Waals surface area contributed by atoms with Crippen molar-refractivity contribution in [2.24, 2.45) is 0 Å². The highest BCUT2D eigenvalue weighted by Gasteiger charge is 1.85. The summed E-state index contributed by atoms with van der Waals surface area (Å²) < 4.78 is 0. The summed E-state index contributed by atoms with van der Waals surface area (Å²) in [7, 11) is 0. The maximum Gasteiger partial charge on any atom is -0.0346 e. The quantitative estimate of drug-likeness (QED) is 0.513. The standard InChI is InChI=1S/C8H14.2C2H6/c1-5-7(3)8(4)6-2;2*1-2/h5H,1,6H2,2-4H3;2*1-2H3/b8-7-;;. The van der Waals surface area contributed by atoms with E-state index in [9.17, 15) is 0 Å². The second-order valence-electron chi connectivity index (χ2n) is 2.02. The number of hydrogen-bond acceptors (Lipinski definition) is 0. The van der Waals surface area contributed by atoms with Crippen LogP contribution in [0.4, 0.5) is 0 Å². The second kappa shape index (κ2) is 16.8. The lowest BCUT2D eigenvalue weighted by atomic mass is 10.1. The molecule has 0 nitrogen and oxygen atoms in total. The van der Waals surface area contributed by atoms with Gasteiger partial charge in [0.05, 0.1) is 0 Å². The molecular weight excluding hydrogens is 144 g/mol. The van der Waals surface area contributed by atoms with E-state index in [4.69, 9.17) is 0 Å². The van der Waals surface area contributed by atoms with Gasteiger partial charge in [-0.1, -0.05) is 58.4 Å². The summed E-state index contributed by atoms with van der Waals surface area (Å²) in [5.74, 6) is 0. The molecule has 0 fully saturated rings. The minimum Gasteiger partial charge on any atom is -0.0988 e. The van der Waals surface area contributed by atoms with Crippen LogP contribution in [0.2, 0.25) is 0 Å². The van der Waals surface area contributed by atoms with Gasteiger partial charge in [0.2, 0.25) is 0 Å². The zero-order chi connectivity index (χ0) is 10.6. The van der Waals surface area contributed by atoms with Crippen LogP contribution >= 0.6 is 0 Å². The molecule has 0 bridgehead atoms. The molecule has 0 radical (unpaired) electrons. The van der Waals surface area contributed by atoms with Gasteiger partial charge in [-0.2, -0.15) is 0 Å². The van der Waals surface area contributed by atoms with Crippen LogP contribution in [0.5, 0.6) is 0 Å². The van der Waals surface area contributed by atoms with E-state index in [-0.39, 0.29) is 0 Å². The van der Waals surface area contributed by atoms with Gasteiger partial charge in [0, 0.05) is 0 Å². The van der Waals surface area contributed by atoms with E-state index in [1.807, 2.05) is 33.8 Å². The molecule has 0 aliphatic heterocycles. The minimum atomic E-state index is 1.14. The SMILES string of the molecule is C=C/C(C)=C(/C)CC.CC.CC. The van der Waals surface area contributed by atoms with Crippen LogP contribution in [0.3, 0.4) is 0 Å². The lowest BCUT2D eigenvalue weighted by Gasteiger charge is -1.96. The molecule has 0 heteroatoms. The van der Waals surface area contributed by atoms with Crippen molar-refractivity contribution in [1.82, 2.24) is 0 Å². The Bertz CT molecular complexity index is 107. The molecule has 74 valence electrons. The highest BCUT2D eigenvalue weighted by atomic mass is 13.9. The van der Waals surface area contributed by atoms with Crippen LogP contribution in [0.15, 0.2) is 23.8 Å². The molecule has 0 amide bonds. The average Bonchev–Trinajstić information content (AvgIpc) is 2.21. The van der Waals surface area contributed by atoms with Gasteiger partial charge in [-0.15, -0.1) is 0 Å². The van der Waals surface area contributed by atoms with Crippen LogP contribution in [0.1, 0.15) is 54.9 Å². The molecule has 0 rings (SSSR count). The average molecular weight is 170 g/mol. The first-order chi connectivity index (χ1) is 5.72. The Morgan fingerprint density at radius 3 is 1.50 bits per heavy atom.